The van der Waals surface area contributed by atoms with E-state index in [4.69, 9.17) is 26.3 Å². The molecule has 0 saturated carbocycles. The van der Waals surface area contributed by atoms with E-state index in [1.807, 2.05) is 35.6 Å². The molecule has 1 aliphatic carbocycles. The fourth-order valence-corrected chi connectivity index (χ4v) is 5.18. The van der Waals surface area contributed by atoms with Gasteiger partial charge in [-0.2, -0.15) is 0 Å². The van der Waals surface area contributed by atoms with Crippen molar-refractivity contribution in [2.75, 3.05) is 31.2 Å². The third-order valence-corrected chi connectivity index (χ3v) is 6.36. The van der Waals surface area contributed by atoms with Crippen LogP contribution < -0.4 is 4.90 Å². The van der Waals surface area contributed by atoms with Crippen LogP contribution in [0.3, 0.4) is 0 Å². The lowest BCUT2D eigenvalue weighted by Crippen LogP contribution is -2.37. The van der Waals surface area contributed by atoms with E-state index in [9.17, 15) is 0 Å². The van der Waals surface area contributed by atoms with Crippen LogP contribution in [0.5, 0.6) is 0 Å². The van der Waals surface area contributed by atoms with Gasteiger partial charge in [0, 0.05) is 28.6 Å². The van der Waals surface area contributed by atoms with Crippen LogP contribution in [-0.4, -0.2) is 36.3 Å². The van der Waals surface area contributed by atoms with Crippen LogP contribution in [-0.2, 0) is 17.6 Å². The third kappa shape index (κ3) is 2.71. The van der Waals surface area contributed by atoms with Crippen LogP contribution in [0.4, 0.5) is 5.82 Å². The standard InChI is InChI=1S/C19H18ClN3OS/c20-13-4-1-3-12(11-13)17-21-18(23-7-9-24-10-8-23)16-14-5-2-6-15(14)25-19(16)22-17/h1,3-4,11H,2,5-10H2. The zero-order valence-corrected chi connectivity index (χ0v) is 15.4. The van der Waals surface area contributed by atoms with E-state index in [1.165, 1.54) is 28.7 Å². The second-order valence-corrected chi connectivity index (χ2v) is 8.04. The minimum Gasteiger partial charge on any atom is -0.378 e. The van der Waals surface area contributed by atoms with Gasteiger partial charge in [-0.15, -0.1) is 11.3 Å². The van der Waals surface area contributed by atoms with Crippen molar-refractivity contribution in [2.45, 2.75) is 19.3 Å². The summed E-state index contributed by atoms with van der Waals surface area (Å²) in [5, 5.41) is 1.98. The molecule has 1 aromatic carbocycles. The highest BCUT2D eigenvalue weighted by atomic mass is 35.5. The molecule has 0 bridgehead atoms. The molecule has 0 amide bonds. The number of fused-ring (bicyclic) bond motifs is 3. The van der Waals surface area contributed by atoms with E-state index in [1.54, 1.807) is 0 Å². The maximum atomic E-state index is 6.18. The van der Waals surface area contributed by atoms with Crippen molar-refractivity contribution < 1.29 is 4.74 Å². The second-order valence-electron chi connectivity index (χ2n) is 6.52. The van der Waals surface area contributed by atoms with Crippen LogP contribution in [0.15, 0.2) is 24.3 Å². The minimum absolute atomic E-state index is 0.711. The Balaban J connectivity index is 1.73. The van der Waals surface area contributed by atoms with E-state index >= 15 is 0 Å². The van der Waals surface area contributed by atoms with E-state index < -0.39 is 0 Å². The molecule has 0 unspecified atom stereocenters. The van der Waals surface area contributed by atoms with Crippen LogP contribution >= 0.6 is 22.9 Å². The Morgan fingerprint density at radius 1 is 1.12 bits per heavy atom. The lowest BCUT2D eigenvalue weighted by atomic mass is 10.1. The van der Waals surface area contributed by atoms with Gasteiger partial charge in [-0.05, 0) is 37.0 Å². The third-order valence-electron chi connectivity index (χ3n) is 4.94. The SMILES string of the molecule is Clc1cccc(-c2nc(N3CCOCC3)c3c4c(sc3n2)CCC4)c1. The summed E-state index contributed by atoms with van der Waals surface area (Å²) in [6, 6.07) is 7.80. The van der Waals surface area contributed by atoms with Crippen molar-refractivity contribution >= 4 is 39.0 Å². The lowest BCUT2D eigenvalue weighted by molar-refractivity contribution is 0.122. The van der Waals surface area contributed by atoms with Gasteiger partial charge in [-0.1, -0.05) is 23.7 Å². The number of aryl methyl sites for hydroxylation is 2. The molecule has 4 nitrogen and oxygen atoms in total. The predicted molar refractivity (Wildman–Crippen MR) is 103 cm³/mol. The molecule has 1 saturated heterocycles. The molecule has 6 heteroatoms. The topological polar surface area (TPSA) is 38.2 Å². The Morgan fingerprint density at radius 2 is 2.00 bits per heavy atom. The molecule has 0 radical (unpaired) electrons. The van der Waals surface area contributed by atoms with Crippen LogP contribution in [0.1, 0.15) is 16.9 Å². The molecule has 0 spiro atoms. The van der Waals surface area contributed by atoms with Gasteiger partial charge in [-0.3, -0.25) is 0 Å². The number of hydrogen-bond donors (Lipinski definition) is 0. The summed E-state index contributed by atoms with van der Waals surface area (Å²) in [4.78, 5) is 14.8. The molecule has 128 valence electrons. The summed E-state index contributed by atoms with van der Waals surface area (Å²) < 4.78 is 5.54. The van der Waals surface area contributed by atoms with Gasteiger partial charge in [0.25, 0.3) is 0 Å². The smallest absolute Gasteiger partial charge is 0.163 e. The van der Waals surface area contributed by atoms with Crippen molar-refractivity contribution in [1.82, 2.24) is 9.97 Å². The summed E-state index contributed by atoms with van der Waals surface area (Å²) in [6.07, 6.45) is 3.56. The molecular weight excluding hydrogens is 354 g/mol. The first-order chi connectivity index (χ1) is 12.3. The number of benzene rings is 1. The lowest BCUT2D eigenvalue weighted by Gasteiger charge is -2.28. The van der Waals surface area contributed by atoms with Crippen molar-refractivity contribution in [3.8, 4) is 11.4 Å². The number of hydrogen-bond acceptors (Lipinski definition) is 5. The summed E-state index contributed by atoms with van der Waals surface area (Å²) >= 11 is 8.02. The zero-order valence-electron chi connectivity index (χ0n) is 13.8. The average Bonchev–Trinajstić information content (AvgIpc) is 3.22. The largest absolute Gasteiger partial charge is 0.378 e. The molecule has 3 heterocycles. The predicted octanol–water partition coefficient (Wildman–Crippen LogP) is 4.34. The van der Waals surface area contributed by atoms with E-state index in [-0.39, 0.29) is 0 Å². The molecule has 1 aliphatic heterocycles. The maximum absolute atomic E-state index is 6.18. The van der Waals surface area contributed by atoms with E-state index in [0.717, 1.165) is 54.8 Å². The summed E-state index contributed by atoms with van der Waals surface area (Å²) in [6.45, 7) is 3.27. The monoisotopic (exact) mass is 371 g/mol. The highest BCUT2D eigenvalue weighted by molar-refractivity contribution is 7.19. The molecular formula is C19H18ClN3OS. The summed E-state index contributed by atoms with van der Waals surface area (Å²) in [5.74, 6) is 1.83. The number of thiophene rings is 1. The van der Waals surface area contributed by atoms with Crippen molar-refractivity contribution in [3.05, 3.63) is 39.7 Å². The second kappa shape index (κ2) is 6.24. The van der Waals surface area contributed by atoms with Gasteiger partial charge < -0.3 is 9.64 Å². The van der Waals surface area contributed by atoms with Crippen LogP contribution in [0, 0.1) is 0 Å². The molecule has 25 heavy (non-hydrogen) atoms. The Kier molecular flexibility index (Phi) is 3.88. The average molecular weight is 372 g/mol. The van der Waals surface area contributed by atoms with Crippen LogP contribution in [0.25, 0.3) is 21.6 Å². The van der Waals surface area contributed by atoms with E-state index in [0.29, 0.717) is 5.02 Å². The Bertz CT molecular complexity index is 949. The first kappa shape index (κ1) is 15.6. The minimum atomic E-state index is 0.711. The maximum Gasteiger partial charge on any atom is 0.163 e. The van der Waals surface area contributed by atoms with Gasteiger partial charge >= 0.3 is 0 Å². The number of halogens is 1. The number of anilines is 1. The molecule has 3 aromatic rings. The van der Waals surface area contributed by atoms with Crippen LogP contribution in [0.2, 0.25) is 5.02 Å². The zero-order chi connectivity index (χ0) is 16.8. The number of ether oxygens (including phenoxy) is 1. The number of aromatic nitrogens is 2. The number of rotatable bonds is 2. The van der Waals surface area contributed by atoms with Gasteiger partial charge in [-0.25, -0.2) is 9.97 Å². The van der Waals surface area contributed by atoms with Crippen molar-refractivity contribution in [1.29, 1.82) is 0 Å². The molecule has 1 fully saturated rings. The van der Waals surface area contributed by atoms with Gasteiger partial charge in [0.1, 0.15) is 10.6 Å². The molecule has 0 N–H and O–H groups in total. The fourth-order valence-electron chi connectivity index (χ4n) is 3.74. The van der Waals surface area contributed by atoms with Gasteiger partial charge in [0.2, 0.25) is 0 Å². The quantitative estimate of drug-likeness (QED) is 0.671. The molecule has 2 aromatic heterocycles. The highest BCUT2D eigenvalue weighted by Gasteiger charge is 2.26. The molecule has 5 rings (SSSR count). The van der Waals surface area contributed by atoms with Gasteiger partial charge in [0.15, 0.2) is 5.82 Å². The fraction of sp³-hybridized carbons (Fsp3) is 0.368. The first-order valence-electron chi connectivity index (χ1n) is 8.70. The Morgan fingerprint density at radius 3 is 2.84 bits per heavy atom. The van der Waals surface area contributed by atoms with Crippen molar-refractivity contribution in [3.63, 3.8) is 0 Å². The highest BCUT2D eigenvalue weighted by Crippen LogP contribution is 2.41. The number of nitrogens with zero attached hydrogens (tertiary/aromatic N) is 3. The Hall–Kier alpha value is -1.69. The number of morpholine rings is 1. The molecule has 0 atom stereocenters. The molecule has 2 aliphatic rings. The Labute approximate surface area is 155 Å². The normalized spacial score (nSPS) is 17.2. The van der Waals surface area contributed by atoms with Gasteiger partial charge in [0.05, 0.1) is 18.6 Å². The van der Waals surface area contributed by atoms with Crippen molar-refractivity contribution in [2.24, 2.45) is 0 Å². The summed E-state index contributed by atoms with van der Waals surface area (Å²) in [5.41, 5.74) is 2.44. The summed E-state index contributed by atoms with van der Waals surface area (Å²) in [7, 11) is 0. The first-order valence-corrected chi connectivity index (χ1v) is 9.90. The van der Waals surface area contributed by atoms with E-state index in [2.05, 4.69) is 4.90 Å².